The van der Waals surface area contributed by atoms with Crippen molar-refractivity contribution in [3.8, 4) is 16.3 Å². The second-order valence-corrected chi connectivity index (χ2v) is 7.72. The Labute approximate surface area is 194 Å². The molecule has 1 aromatic heterocycles. The first-order valence-electron chi connectivity index (χ1n) is 9.98. The number of hydrogen-bond acceptors (Lipinski definition) is 7. The molecule has 0 aliphatic carbocycles. The maximum Gasteiger partial charge on any atom is 0.329 e. The van der Waals surface area contributed by atoms with E-state index in [1.54, 1.807) is 12.1 Å². The second kappa shape index (κ2) is 10.8. The molecule has 0 spiro atoms. The van der Waals surface area contributed by atoms with Crippen LogP contribution in [0.25, 0.3) is 10.6 Å². The Kier molecular flexibility index (Phi) is 7.14. The van der Waals surface area contributed by atoms with Crippen LogP contribution in [0.1, 0.15) is 11.1 Å². The van der Waals surface area contributed by atoms with Gasteiger partial charge >= 0.3 is 11.8 Å². The minimum absolute atomic E-state index is 0.220. The average Bonchev–Trinajstić information content (AvgIpc) is 3.33. The zero-order chi connectivity index (χ0) is 22.9. The molecule has 0 bridgehead atoms. The summed E-state index contributed by atoms with van der Waals surface area (Å²) in [5.41, 5.74) is 4.77. The second-order valence-electron chi connectivity index (χ2n) is 6.74. The highest BCUT2D eigenvalue weighted by molar-refractivity contribution is 7.18. The lowest BCUT2D eigenvalue weighted by molar-refractivity contribution is -0.136. The van der Waals surface area contributed by atoms with Crippen molar-refractivity contribution in [1.29, 1.82) is 0 Å². The van der Waals surface area contributed by atoms with E-state index in [9.17, 15) is 9.59 Å². The maximum atomic E-state index is 12.1. The Morgan fingerprint density at radius 2 is 1.58 bits per heavy atom. The van der Waals surface area contributed by atoms with Gasteiger partial charge in [0.2, 0.25) is 5.13 Å². The van der Waals surface area contributed by atoms with Gasteiger partial charge in [-0.2, -0.15) is 5.10 Å². The van der Waals surface area contributed by atoms with Crippen molar-refractivity contribution < 1.29 is 14.3 Å². The molecule has 0 unspecified atom stereocenters. The Balaban J connectivity index is 1.32. The van der Waals surface area contributed by atoms with Gasteiger partial charge in [0.25, 0.3) is 0 Å². The van der Waals surface area contributed by atoms with Crippen molar-refractivity contribution in [3.05, 3.63) is 96.1 Å². The number of amides is 2. The molecule has 8 nitrogen and oxygen atoms in total. The monoisotopic (exact) mass is 457 g/mol. The maximum absolute atomic E-state index is 12.1. The lowest BCUT2D eigenvalue weighted by Gasteiger charge is -2.08. The van der Waals surface area contributed by atoms with Gasteiger partial charge < -0.3 is 4.74 Å². The summed E-state index contributed by atoms with van der Waals surface area (Å²) in [6, 6.07) is 26.4. The first-order chi connectivity index (χ1) is 16.2. The Morgan fingerprint density at radius 3 is 2.36 bits per heavy atom. The largest absolute Gasteiger partial charge is 0.488 e. The molecule has 2 amide bonds. The molecule has 0 fully saturated rings. The number of benzene rings is 3. The van der Waals surface area contributed by atoms with Gasteiger partial charge in [-0.25, -0.2) is 5.43 Å². The van der Waals surface area contributed by atoms with E-state index in [2.05, 4.69) is 26.0 Å². The molecular weight excluding hydrogens is 438 g/mol. The van der Waals surface area contributed by atoms with E-state index >= 15 is 0 Å². The Morgan fingerprint density at radius 1 is 0.879 bits per heavy atom. The minimum atomic E-state index is -0.926. The van der Waals surface area contributed by atoms with E-state index < -0.39 is 11.8 Å². The van der Waals surface area contributed by atoms with Crippen LogP contribution in [0.3, 0.4) is 0 Å². The van der Waals surface area contributed by atoms with Gasteiger partial charge in [0, 0.05) is 11.1 Å². The highest BCUT2D eigenvalue weighted by Crippen LogP contribution is 2.25. The van der Waals surface area contributed by atoms with Crippen LogP contribution in [0.5, 0.6) is 5.75 Å². The summed E-state index contributed by atoms with van der Waals surface area (Å²) in [5.74, 6) is -1.21. The molecule has 9 heteroatoms. The quantitative estimate of drug-likeness (QED) is 0.249. The van der Waals surface area contributed by atoms with E-state index in [1.165, 1.54) is 17.6 Å². The number of anilines is 1. The Hall–Kier alpha value is -4.37. The lowest BCUT2D eigenvalue weighted by atomic mass is 10.2. The predicted molar refractivity (Wildman–Crippen MR) is 127 cm³/mol. The zero-order valence-electron chi connectivity index (χ0n) is 17.3. The molecule has 0 aliphatic heterocycles. The molecule has 0 radical (unpaired) electrons. The van der Waals surface area contributed by atoms with Gasteiger partial charge in [0.15, 0.2) is 0 Å². The van der Waals surface area contributed by atoms with Crippen LogP contribution in [0, 0.1) is 0 Å². The van der Waals surface area contributed by atoms with Crippen molar-refractivity contribution in [2.75, 3.05) is 5.32 Å². The first kappa shape index (κ1) is 21.8. The smallest absolute Gasteiger partial charge is 0.329 e. The third-order valence-corrected chi connectivity index (χ3v) is 5.29. The van der Waals surface area contributed by atoms with Gasteiger partial charge in [-0.1, -0.05) is 84.1 Å². The van der Waals surface area contributed by atoms with Crippen LogP contribution < -0.4 is 15.5 Å². The van der Waals surface area contributed by atoms with Gasteiger partial charge in [-0.05, 0) is 17.7 Å². The standard InChI is InChI=1S/C24H19N5O3S/c30-21(26-24-29-28-23(33-24)18-11-5-2-6-12-18)22(31)27-25-15-19-13-7-8-14-20(19)32-16-17-9-3-1-4-10-17/h1-15H,16H2,(H,27,31)(H,26,29,30)/b25-15-. The summed E-state index contributed by atoms with van der Waals surface area (Å²) in [5, 5.41) is 15.1. The van der Waals surface area contributed by atoms with Crippen molar-refractivity contribution in [2.24, 2.45) is 5.10 Å². The minimum Gasteiger partial charge on any atom is -0.488 e. The van der Waals surface area contributed by atoms with Crippen molar-refractivity contribution >= 4 is 34.5 Å². The molecule has 2 N–H and O–H groups in total. The molecule has 0 atom stereocenters. The van der Waals surface area contributed by atoms with Crippen molar-refractivity contribution in [2.45, 2.75) is 6.61 Å². The number of rotatable bonds is 7. The normalized spacial score (nSPS) is 10.7. The fourth-order valence-corrected chi connectivity index (χ4v) is 3.53. The predicted octanol–water partition coefficient (Wildman–Crippen LogP) is 3.87. The molecule has 164 valence electrons. The number of para-hydroxylation sites is 1. The highest BCUT2D eigenvalue weighted by atomic mass is 32.1. The topological polar surface area (TPSA) is 106 Å². The van der Waals surface area contributed by atoms with Crippen LogP contribution in [0.2, 0.25) is 0 Å². The van der Waals surface area contributed by atoms with E-state index in [-0.39, 0.29) is 5.13 Å². The van der Waals surface area contributed by atoms with Gasteiger partial charge in [-0.15, -0.1) is 10.2 Å². The van der Waals surface area contributed by atoms with Gasteiger partial charge in [0.1, 0.15) is 17.4 Å². The third-order valence-electron chi connectivity index (χ3n) is 4.40. The average molecular weight is 458 g/mol. The number of carbonyl (C=O) groups excluding carboxylic acids is 2. The van der Waals surface area contributed by atoms with Gasteiger partial charge in [-0.3, -0.25) is 14.9 Å². The SMILES string of the molecule is O=C(N/N=C\c1ccccc1OCc1ccccc1)C(=O)Nc1nnc(-c2ccccc2)s1. The Bertz CT molecular complexity index is 1260. The first-order valence-corrected chi connectivity index (χ1v) is 10.8. The molecule has 1 heterocycles. The van der Waals surface area contributed by atoms with Crippen molar-refractivity contribution in [1.82, 2.24) is 15.6 Å². The number of ether oxygens (including phenoxy) is 1. The van der Waals surface area contributed by atoms with Crippen molar-refractivity contribution in [3.63, 3.8) is 0 Å². The number of aromatic nitrogens is 2. The summed E-state index contributed by atoms with van der Waals surface area (Å²) in [7, 11) is 0. The molecule has 33 heavy (non-hydrogen) atoms. The number of nitrogens with one attached hydrogen (secondary N) is 2. The third kappa shape index (κ3) is 6.08. The highest BCUT2D eigenvalue weighted by Gasteiger charge is 2.16. The zero-order valence-corrected chi connectivity index (χ0v) is 18.2. The number of carbonyl (C=O) groups is 2. The molecule has 4 rings (SSSR count). The van der Waals surface area contributed by atoms with Crippen LogP contribution in [0.15, 0.2) is 90.0 Å². The molecule has 0 aliphatic rings. The summed E-state index contributed by atoms with van der Waals surface area (Å²) in [6.45, 7) is 0.396. The number of nitrogens with zero attached hydrogens (tertiary/aromatic N) is 3. The molecule has 3 aromatic carbocycles. The van der Waals surface area contributed by atoms with Crippen LogP contribution >= 0.6 is 11.3 Å². The van der Waals surface area contributed by atoms with E-state index in [4.69, 9.17) is 4.74 Å². The van der Waals surface area contributed by atoms with Crippen LogP contribution in [-0.4, -0.2) is 28.2 Å². The fourth-order valence-electron chi connectivity index (χ4n) is 2.79. The van der Waals surface area contributed by atoms with E-state index in [1.807, 2.05) is 72.8 Å². The summed E-state index contributed by atoms with van der Waals surface area (Å²) in [4.78, 5) is 24.2. The molecular formula is C24H19N5O3S. The number of hydrogen-bond donors (Lipinski definition) is 2. The van der Waals surface area contributed by atoms with Crippen LogP contribution in [0.4, 0.5) is 5.13 Å². The number of hydrazone groups is 1. The summed E-state index contributed by atoms with van der Waals surface area (Å²) in [6.07, 6.45) is 1.42. The van der Waals surface area contributed by atoms with E-state index in [0.29, 0.717) is 22.9 Å². The van der Waals surface area contributed by atoms with E-state index in [0.717, 1.165) is 11.1 Å². The van der Waals surface area contributed by atoms with Gasteiger partial charge in [0.05, 0.1) is 6.21 Å². The molecule has 0 saturated carbocycles. The molecule has 0 saturated heterocycles. The lowest BCUT2D eigenvalue weighted by Crippen LogP contribution is -2.32. The van der Waals surface area contributed by atoms with Crippen LogP contribution in [-0.2, 0) is 16.2 Å². The molecule has 4 aromatic rings. The summed E-state index contributed by atoms with van der Waals surface area (Å²) < 4.78 is 5.85. The fraction of sp³-hybridized carbons (Fsp3) is 0.0417. The summed E-state index contributed by atoms with van der Waals surface area (Å²) >= 11 is 1.17.